The van der Waals surface area contributed by atoms with Crippen molar-refractivity contribution in [2.45, 2.75) is 30.3 Å². The van der Waals surface area contributed by atoms with Crippen LogP contribution in [0.2, 0.25) is 15.1 Å². The summed E-state index contributed by atoms with van der Waals surface area (Å²) in [7, 11) is 1.52. The molecule has 3 unspecified atom stereocenters. The van der Waals surface area contributed by atoms with Crippen molar-refractivity contribution in [1.82, 2.24) is 0 Å². The molecule has 1 heterocycles. The van der Waals surface area contributed by atoms with Gasteiger partial charge in [-0.15, -0.1) is 0 Å². The van der Waals surface area contributed by atoms with Gasteiger partial charge in [-0.05, 0) is 41.5 Å². The van der Waals surface area contributed by atoms with Gasteiger partial charge in [-0.1, -0.05) is 40.9 Å². The molecule has 1 aliphatic carbocycles. The van der Waals surface area contributed by atoms with Crippen molar-refractivity contribution < 1.29 is 14.3 Å². The summed E-state index contributed by atoms with van der Waals surface area (Å²) in [5.74, 6) is -0.633. The minimum absolute atomic E-state index is 0.0313. The summed E-state index contributed by atoms with van der Waals surface area (Å²) in [5.41, 5.74) is 1.09. The molecule has 2 aromatic carbocycles. The van der Waals surface area contributed by atoms with Gasteiger partial charge in [-0.25, -0.2) is 0 Å². The van der Waals surface area contributed by atoms with E-state index in [0.29, 0.717) is 20.8 Å². The van der Waals surface area contributed by atoms with E-state index in [2.05, 4.69) is 5.32 Å². The molecule has 1 spiro atoms. The van der Waals surface area contributed by atoms with Crippen LogP contribution in [0, 0.1) is 0 Å². The second kappa shape index (κ2) is 6.78. The van der Waals surface area contributed by atoms with E-state index >= 15 is 0 Å². The first-order valence-corrected chi connectivity index (χ1v) is 9.61. The Bertz CT molecular complexity index is 941. The monoisotopic (exact) mass is 423 g/mol. The number of nitrogens with one attached hydrogen (secondary N) is 1. The van der Waals surface area contributed by atoms with Crippen molar-refractivity contribution in [2.24, 2.45) is 0 Å². The standard InChI is InChI=1S/C20H16Cl3NO3/c1-27-18-9-14(25)8-16(10-4-12(22)6-13(23)5-10)20(18)15-3-2-11(21)7-17(15)24-19(20)26/h2-7,16,18H,8-9H2,1H3,(H,24,26). The van der Waals surface area contributed by atoms with E-state index < -0.39 is 17.4 Å². The van der Waals surface area contributed by atoms with Gasteiger partial charge in [0.1, 0.15) is 11.2 Å². The van der Waals surface area contributed by atoms with Crippen LogP contribution in [0.3, 0.4) is 0 Å². The number of hydrogen-bond acceptors (Lipinski definition) is 3. The van der Waals surface area contributed by atoms with Crippen LogP contribution in [0.15, 0.2) is 36.4 Å². The topological polar surface area (TPSA) is 55.4 Å². The zero-order valence-corrected chi connectivity index (χ0v) is 16.7. The maximum atomic E-state index is 13.3. The summed E-state index contributed by atoms with van der Waals surface area (Å²) in [6.07, 6.45) is -0.244. The number of ketones is 1. The van der Waals surface area contributed by atoms with Crippen LogP contribution in [-0.4, -0.2) is 24.9 Å². The summed E-state index contributed by atoms with van der Waals surface area (Å²) in [6, 6.07) is 10.4. The molecule has 3 atom stereocenters. The van der Waals surface area contributed by atoms with Crippen LogP contribution in [0.5, 0.6) is 0 Å². The van der Waals surface area contributed by atoms with Crippen molar-refractivity contribution in [3.8, 4) is 0 Å². The fourth-order valence-corrected chi connectivity index (χ4v) is 5.20. The largest absolute Gasteiger partial charge is 0.379 e. The summed E-state index contributed by atoms with van der Waals surface area (Å²) in [5, 5.41) is 4.35. The number of anilines is 1. The second-order valence-electron chi connectivity index (χ2n) is 6.94. The summed E-state index contributed by atoms with van der Waals surface area (Å²) in [4.78, 5) is 25.8. The Labute approximate surface area is 171 Å². The number of carbonyl (C=O) groups is 2. The fraction of sp³-hybridized carbons (Fsp3) is 0.300. The Morgan fingerprint density at radius 1 is 1.00 bits per heavy atom. The van der Waals surface area contributed by atoms with Gasteiger partial charge >= 0.3 is 0 Å². The van der Waals surface area contributed by atoms with Gasteiger partial charge in [-0.2, -0.15) is 0 Å². The molecule has 1 amide bonds. The Morgan fingerprint density at radius 2 is 1.70 bits per heavy atom. The predicted octanol–water partition coefficient (Wildman–Crippen LogP) is 5.00. The van der Waals surface area contributed by atoms with E-state index in [-0.39, 0.29) is 24.5 Å². The van der Waals surface area contributed by atoms with Crippen molar-refractivity contribution >= 4 is 52.2 Å². The molecule has 4 nitrogen and oxygen atoms in total. The van der Waals surface area contributed by atoms with Crippen molar-refractivity contribution in [2.75, 3.05) is 12.4 Å². The first-order valence-electron chi connectivity index (χ1n) is 8.48. The van der Waals surface area contributed by atoms with E-state index in [1.807, 2.05) is 6.07 Å². The zero-order chi connectivity index (χ0) is 19.3. The van der Waals surface area contributed by atoms with E-state index in [1.54, 1.807) is 30.3 Å². The highest BCUT2D eigenvalue weighted by atomic mass is 35.5. The summed E-state index contributed by atoms with van der Waals surface area (Å²) < 4.78 is 5.69. The number of amides is 1. The third-order valence-corrected chi connectivity index (χ3v) is 6.20. The highest BCUT2D eigenvalue weighted by Gasteiger charge is 2.61. The molecular weight excluding hydrogens is 409 g/mol. The van der Waals surface area contributed by atoms with E-state index in [9.17, 15) is 9.59 Å². The van der Waals surface area contributed by atoms with Crippen LogP contribution >= 0.6 is 34.8 Å². The molecule has 1 aliphatic heterocycles. The molecular formula is C20H16Cl3NO3. The Morgan fingerprint density at radius 3 is 2.37 bits per heavy atom. The molecule has 1 fully saturated rings. The Hall–Kier alpha value is -1.59. The third-order valence-electron chi connectivity index (χ3n) is 5.53. The minimum Gasteiger partial charge on any atom is -0.379 e. The lowest BCUT2D eigenvalue weighted by Gasteiger charge is -2.44. The van der Waals surface area contributed by atoms with E-state index in [1.165, 1.54) is 7.11 Å². The van der Waals surface area contributed by atoms with Crippen molar-refractivity contribution in [3.05, 3.63) is 62.6 Å². The van der Waals surface area contributed by atoms with Crippen LogP contribution in [0.25, 0.3) is 0 Å². The number of hydrogen-bond donors (Lipinski definition) is 1. The average Bonchev–Trinajstić information content (AvgIpc) is 2.87. The maximum absolute atomic E-state index is 13.3. The SMILES string of the molecule is COC1CC(=O)CC(c2cc(Cl)cc(Cl)c2)C12C(=O)Nc1cc(Cl)ccc12. The van der Waals surface area contributed by atoms with Gasteiger partial charge in [-0.3, -0.25) is 9.59 Å². The molecule has 140 valence electrons. The quantitative estimate of drug-likeness (QED) is 0.738. The lowest BCUT2D eigenvalue weighted by molar-refractivity contribution is -0.137. The molecule has 0 bridgehead atoms. The number of Topliss-reactive ketones (excluding diaryl/α,β-unsaturated/α-hetero) is 1. The zero-order valence-electron chi connectivity index (χ0n) is 14.4. The second-order valence-corrected chi connectivity index (χ2v) is 8.25. The van der Waals surface area contributed by atoms with Crippen molar-refractivity contribution in [3.63, 3.8) is 0 Å². The minimum atomic E-state index is -1.06. The molecule has 2 aliphatic rings. The summed E-state index contributed by atoms with van der Waals surface area (Å²) in [6.45, 7) is 0. The third kappa shape index (κ3) is 2.87. The van der Waals surface area contributed by atoms with Crippen LogP contribution in [0.1, 0.15) is 29.9 Å². The van der Waals surface area contributed by atoms with Crippen LogP contribution in [-0.2, 0) is 19.7 Å². The number of rotatable bonds is 2. The first kappa shape index (κ1) is 18.8. The van der Waals surface area contributed by atoms with Gasteiger partial charge in [0.2, 0.25) is 5.91 Å². The highest BCUT2D eigenvalue weighted by Crippen LogP contribution is 2.55. The number of ether oxygens (including phenoxy) is 1. The number of carbonyl (C=O) groups excluding carboxylic acids is 2. The van der Waals surface area contributed by atoms with E-state index in [0.717, 1.165) is 11.1 Å². The normalized spacial score (nSPS) is 27.0. The van der Waals surface area contributed by atoms with Crippen molar-refractivity contribution in [1.29, 1.82) is 0 Å². The highest BCUT2D eigenvalue weighted by molar-refractivity contribution is 6.34. The number of benzene rings is 2. The number of methoxy groups -OCH3 is 1. The molecule has 27 heavy (non-hydrogen) atoms. The lowest BCUT2D eigenvalue weighted by atomic mass is 9.59. The van der Waals surface area contributed by atoms with Crippen LogP contribution in [0.4, 0.5) is 5.69 Å². The molecule has 0 saturated heterocycles. The van der Waals surface area contributed by atoms with Gasteiger partial charge in [0.15, 0.2) is 0 Å². The average molecular weight is 425 g/mol. The molecule has 2 aromatic rings. The lowest BCUT2D eigenvalue weighted by Crippen LogP contribution is -2.55. The number of fused-ring (bicyclic) bond motifs is 2. The molecule has 0 aromatic heterocycles. The van der Waals surface area contributed by atoms with E-state index in [4.69, 9.17) is 39.5 Å². The maximum Gasteiger partial charge on any atom is 0.238 e. The van der Waals surface area contributed by atoms with Crippen LogP contribution < -0.4 is 5.32 Å². The smallest absolute Gasteiger partial charge is 0.238 e. The molecule has 1 saturated carbocycles. The Balaban J connectivity index is 1.99. The number of halogens is 3. The molecule has 7 heteroatoms. The Kier molecular flexibility index (Phi) is 4.71. The summed E-state index contributed by atoms with van der Waals surface area (Å²) >= 11 is 18.5. The van der Waals surface area contributed by atoms with Gasteiger partial charge in [0, 0.05) is 46.6 Å². The molecule has 1 N–H and O–H groups in total. The molecule has 4 rings (SSSR count). The van der Waals surface area contributed by atoms with Gasteiger partial charge < -0.3 is 10.1 Å². The fourth-order valence-electron chi connectivity index (χ4n) is 4.48. The predicted molar refractivity (Wildman–Crippen MR) is 106 cm³/mol. The first-order chi connectivity index (χ1) is 12.9. The van der Waals surface area contributed by atoms with Gasteiger partial charge in [0.05, 0.1) is 6.10 Å². The van der Waals surface area contributed by atoms with Gasteiger partial charge in [0.25, 0.3) is 0 Å². The molecule has 0 radical (unpaired) electrons.